The summed E-state index contributed by atoms with van der Waals surface area (Å²) in [6.07, 6.45) is -4.39. The van der Waals surface area contributed by atoms with Gasteiger partial charge in [0.05, 0.1) is 11.1 Å². The molecule has 0 aromatic heterocycles. The molecule has 0 radical (unpaired) electrons. The van der Waals surface area contributed by atoms with Crippen molar-refractivity contribution in [2.45, 2.75) is 6.18 Å². The molecule has 1 N–H and O–H groups in total. The van der Waals surface area contributed by atoms with Crippen molar-refractivity contribution in [2.75, 3.05) is 0 Å². The molecule has 0 saturated heterocycles. The third-order valence-electron chi connectivity index (χ3n) is 3.18. The second-order valence-corrected chi connectivity index (χ2v) is 4.59. The van der Waals surface area contributed by atoms with Crippen LogP contribution < -0.4 is 15.3 Å². The van der Waals surface area contributed by atoms with E-state index in [4.69, 9.17) is 4.65 Å². The van der Waals surface area contributed by atoms with Crippen LogP contribution in [0.5, 0.6) is 5.75 Å². The lowest BCUT2D eigenvalue weighted by Gasteiger charge is -2.24. The first-order chi connectivity index (χ1) is 9.95. The van der Waals surface area contributed by atoms with Gasteiger partial charge in [-0.25, -0.2) is 0 Å². The Bertz CT molecular complexity index is 685. The second-order valence-electron chi connectivity index (χ2n) is 4.59. The van der Waals surface area contributed by atoms with E-state index < -0.39 is 18.8 Å². The molecule has 0 saturated carbocycles. The molecule has 7 heteroatoms. The maximum atomic E-state index is 12.5. The largest absolute Gasteiger partial charge is 0.537 e. The van der Waals surface area contributed by atoms with Crippen molar-refractivity contribution in [3.05, 3.63) is 59.7 Å². The minimum atomic E-state index is -4.39. The molecule has 1 aliphatic rings. The molecule has 0 atom stereocenters. The van der Waals surface area contributed by atoms with Gasteiger partial charge in [-0.3, -0.25) is 4.79 Å². The van der Waals surface area contributed by atoms with Crippen LogP contribution >= 0.6 is 0 Å². The van der Waals surface area contributed by atoms with Crippen molar-refractivity contribution in [3.63, 3.8) is 0 Å². The number of fused-ring (bicyclic) bond motifs is 1. The Kier molecular flexibility index (Phi) is 3.12. The van der Waals surface area contributed by atoms with E-state index in [1.54, 1.807) is 24.3 Å². The van der Waals surface area contributed by atoms with E-state index in [0.29, 0.717) is 16.8 Å². The molecule has 21 heavy (non-hydrogen) atoms. The Morgan fingerprint density at radius 2 is 1.67 bits per heavy atom. The van der Waals surface area contributed by atoms with Crippen molar-refractivity contribution in [1.29, 1.82) is 0 Å². The van der Waals surface area contributed by atoms with E-state index in [1.165, 1.54) is 12.1 Å². The standard InChI is InChI=1S/C14H9BF3NO2/c16-14(17,18)9-5-7-10(8-6-9)15-19-13(20)11-3-1-2-4-12(11)21-15/h1-8H,(H,19,20). The van der Waals surface area contributed by atoms with Crippen molar-refractivity contribution in [2.24, 2.45) is 0 Å². The average molecular weight is 291 g/mol. The van der Waals surface area contributed by atoms with Gasteiger partial charge in [-0.1, -0.05) is 36.4 Å². The zero-order valence-corrected chi connectivity index (χ0v) is 10.6. The molecule has 1 aliphatic heterocycles. The summed E-state index contributed by atoms with van der Waals surface area (Å²) in [5.41, 5.74) is 0.111. The minimum Gasteiger partial charge on any atom is -0.537 e. The number of para-hydroxylation sites is 1. The van der Waals surface area contributed by atoms with E-state index in [9.17, 15) is 18.0 Å². The molecule has 1 heterocycles. The smallest absolute Gasteiger partial charge is 0.519 e. The maximum absolute atomic E-state index is 12.5. The number of hydrogen-bond acceptors (Lipinski definition) is 2. The lowest BCUT2D eigenvalue weighted by molar-refractivity contribution is -0.137. The van der Waals surface area contributed by atoms with Crippen molar-refractivity contribution >= 4 is 18.4 Å². The molecular weight excluding hydrogens is 282 g/mol. The zero-order chi connectivity index (χ0) is 15.0. The van der Waals surface area contributed by atoms with E-state index in [-0.39, 0.29) is 5.91 Å². The third-order valence-corrected chi connectivity index (χ3v) is 3.18. The quantitative estimate of drug-likeness (QED) is 0.818. The molecular formula is C14H9BF3NO2. The van der Waals surface area contributed by atoms with Gasteiger partial charge in [0.25, 0.3) is 0 Å². The summed E-state index contributed by atoms with van der Waals surface area (Å²) in [6, 6.07) is 11.2. The second kappa shape index (κ2) is 4.84. The number of carbonyl (C=O) groups excluding carboxylic acids is 1. The summed E-state index contributed by atoms with van der Waals surface area (Å²) in [6.45, 7) is 0. The van der Waals surface area contributed by atoms with Crippen LogP contribution in [-0.2, 0) is 6.18 Å². The Balaban J connectivity index is 1.88. The molecule has 0 aliphatic carbocycles. The van der Waals surface area contributed by atoms with Gasteiger partial charge in [0.1, 0.15) is 5.75 Å². The van der Waals surface area contributed by atoms with E-state index in [2.05, 4.69) is 5.23 Å². The lowest BCUT2D eigenvalue weighted by atomic mass is 9.71. The van der Waals surface area contributed by atoms with E-state index in [1.807, 2.05) is 0 Å². The van der Waals surface area contributed by atoms with Gasteiger partial charge in [-0.2, -0.15) is 13.2 Å². The molecule has 0 spiro atoms. The first kappa shape index (κ1) is 13.5. The normalized spacial score (nSPS) is 14.2. The number of benzene rings is 2. The van der Waals surface area contributed by atoms with Gasteiger partial charge in [-0.05, 0) is 17.6 Å². The number of nitrogens with one attached hydrogen (secondary N) is 1. The summed E-state index contributed by atoms with van der Waals surface area (Å²) in [4.78, 5) is 11.9. The average Bonchev–Trinajstić information content (AvgIpc) is 2.46. The van der Waals surface area contributed by atoms with Crippen LogP contribution in [0.4, 0.5) is 13.2 Å². The summed E-state index contributed by atoms with van der Waals surface area (Å²) in [7, 11) is -0.797. The predicted octanol–water partition coefficient (Wildman–Crippen LogP) is 2.22. The molecule has 0 bridgehead atoms. The van der Waals surface area contributed by atoms with Crippen LogP contribution in [0.25, 0.3) is 0 Å². The maximum Gasteiger partial charge on any atom is 0.519 e. The fourth-order valence-corrected chi connectivity index (χ4v) is 2.11. The van der Waals surface area contributed by atoms with Crippen LogP contribution in [0.2, 0.25) is 0 Å². The number of hydrogen-bond donors (Lipinski definition) is 1. The van der Waals surface area contributed by atoms with Gasteiger partial charge < -0.3 is 9.88 Å². The van der Waals surface area contributed by atoms with Crippen LogP contribution in [-0.4, -0.2) is 13.0 Å². The third kappa shape index (κ3) is 2.59. The van der Waals surface area contributed by atoms with Gasteiger partial charge in [-0.15, -0.1) is 0 Å². The number of rotatable bonds is 1. The van der Waals surface area contributed by atoms with Crippen LogP contribution in [0.1, 0.15) is 15.9 Å². The molecule has 3 nitrogen and oxygen atoms in total. The van der Waals surface area contributed by atoms with E-state index >= 15 is 0 Å². The highest BCUT2D eigenvalue weighted by molar-refractivity contribution is 6.69. The zero-order valence-electron chi connectivity index (χ0n) is 10.6. The first-order valence-electron chi connectivity index (χ1n) is 6.19. The Labute approximate surface area is 118 Å². The van der Waals surface area contributed by atoms with Crippen molar-refractivity contribution in [1.82, 2.24) is 5.23 Å². The van der Waals surface area contributed by atoms with Crippen LogP contribution in [0.3, 0.4) is 0 Å². The molecule has 2 aromatic rings. The van der Waals surface area contributed by atoms with Gasteiger partial charge >= 0.3 is 13.2 Å². The van der Waals surface area contributed by atoms with E-state index in [0.717, 1.165) is 12.1 Å². The fourth-order valence-electron chi connectivity index (χ4n) is 2.11. The molecule has 2 aromatic carbocycles. The summed E-state index contributed by atoms with van der Waals surface area (Å²) >= 11 is 0. The number of halogens is 3. The molecule has 0 unspecified atom stereocenters. The highest BCUT2D eigenvalue weighted by Gasteiger charge is 2.34. The monoisotopic (exact) mass is 291 g/mol. The SMILES string of the molecule is O=C1NB(c2ccc(C(F)(F)F)cc2)Oc2ccccc21. The Morgan fingerprint density at radius 1 is 1.00 bits per heavy atom. The van der Waals surface area contributed by atoms with Gasteiger partial charge in [0.2, 0.25) is 5.91 Å². The lowest BCUT2D eigenvalue weighted by Crippen LogP contribution is -2.55. The van der Waals surface area contributed by atoms with Crippen LogP contribution in [0.15, 0.2) is 48.5 Å². The highest BCUT2D eigenvalue weighted by atomic mass is 19.4. The summed E-state index contributed by atoms with van der Waals surface area (Å²) in [5.74, 6) is 0.0906. The van der Waals surface area contributed by atoms with Crippen LogP contribution in [0, 0.1) is 0 Å². The summed E-state index contributed by atoms with van der Waals surface area (Å²) in [5, 5.41) is 2.60. The Hall–Kier alpha value is -2.44. The summed E-state index contributed by atoms with van der Waals surface area (Å²) < 4.78 is 43.2. The molecule has 1 amide bonds. The fraction of sp³-hybridized carbons (Fsp3) is 0.0714. The number of alkyl halides is 3. The molecule has 106 valence electrons. The molecule has 0 fully saturated rings. The van der Waals surface area contributed by atoms with Crippen molar-refractivity contribution < 1.29 is 22.6 Å². The minimum absolute atomic E-state index is 0.318. The predicted molar refractivity (Wildman–Crippen MR) is 71.4 cm³/mol. The Morgan fingerprint density at radius 3 is 2.33 bits per heavy atom. The molecule has 3 rings (SSSR count). The first-order valence-corrected chi connectivity index (χ1v) is 6.19. The van der Waals surface area contributed by atoms with Crippen molar-refractivity contribution in [3.8, 4) is 5.75 Å². The topological polar surface area (TPSA) is 38.3 Å². The van der Waals surface area contributed by atoms with Gasteiger partial charge in [0, 0.05) is 0 Å². The number of amides is 1. The van der Waals surface area contributed by atoms with Gasteiger partial charge in [0.15, 0.2) is 0 Å². The number of carbonyl (C=O) groups is 1. The highest BCUT2D eigenvalue weighted by Crippen LogP contribution is 2.28.